The summed E-state index contributed by atoms with van der Waals surface area (Å²) in [6.07, 6.45) is 10.2. The van der Waals surface area contributed by atoms with Crippen molar-refractivity contribution in [2.24, 2.45) is 0 Å². The predicted molar refractivity (Wildman–Crippen MR) is 86.0 cm³/mol. The molecule has 6 nitrogen and oxygen atoms in total. The van der Waals surface area contributed by atoms with Crippen molar-refractivity contribution in [2.45, 2.75) is 56.1 Å². The van der Waals surface area contributed by atoms with E-state index >= 15 is 0 Å². The molecule has 1 saturated carbocycles. The van der Waals surface area contributed by atoms with Gasteiger partial charge in [-0.2, -0.15) is 0 Å². The Bertz CT molecular complexity index is 615. The van der Waals surface area contributed by atoms with Crippen LogP contribution in [0.3, 0.4) is 0 Å². The minimum Gasteiger partial charge on any atom is -0.355 e. The Balaban J connectivity index is 1.41. The van der Waals surface area contributed by atoms with Gasteiger partial charge in [-0.05, 0) is 44.9 Å². The summed E-state index contributed by atoms with van der Waals surface area (Å²) >= 11 is 1.32. The zero-order valence-corrected chi connectivity index (χ0v) is 13.5. The van der Waals surface area contributed by atoms with Crippen molar-refractivity contribution in [1.29, 1.82) is 0 Å². The summed E-state index contributed by atoms with van der Waals surface area (Å²) in [5.41, 5.74) is 1.30. The summed E-state index contributed by atoms with van der Waals surface area (Å²) in [5, 5.41) is 10.0. The number of H-pyrrole nitrogens is 1. The average molecular weight is 322 g/mol. The molecule has 0 unspecified atom stereocenters. The lowest BCUT2D eigenvalue weighted by molar-refractivity contribution is -0.118. The quantitative estimate of drug-likeness (QED) is 0.594. The van der Waals surface area contributed by atoms with Crippen LogP contribution in [-0.4, -0.2) is 33.0 Å². The molecule has 1 heterocycles. The minimum atomic E-state index is -0.172. The molecule has 1 aromatic rings. The number of allylic oxidation sites excluding steroid dienone is 1. The maximum atomic E-state index is 11.9. The van der Waals surface area contributed by atoms with Gasteiger partial charge in [-0.25, -0.2) is 9.89 Å². The van der Waals surface area contributed by atoms with Crippen LogP contribution in [0, 0.1) is 0 Å². The lowest BCUT2D eigenvalue weighted by Crippen LogP contribution is -2.26. The maximum absolute atomic E-state index is 11.9. The van der Waals surface area contributed by atoms with E-state index in [-0.39, 0.29) is 17.6 Å². The Morgan fingerprint density at radius 1 is 1.45 bits per heavy atom. The van der Waals surface area contributed by atoms with Crippen molar-refractivity contribution in [3.8, 4) is 0 Å². The van der Waals surface area contributed by atoms with Gasteiger partial charge in [0.1, 0.15) is 0 Å². The molecule has 1 amide bonds. The first-order valence-electron chi connectivity index (χ1n) is 7.98. The molecule has 1 fully saturated rings. The lowest BCUT2D eigenvalue weighted by atomic mass is 9.97. The van der Waals surface area contributed by atoms with Crippen LogP contribution in [0.4, 0.5) is 0 Å². The van der Waals surface area contributed by atoms with Crippen molar-refractivity contribution < 1.29 is 4.79 Å². The fourth-order valence-electron chi connectivity index (χ4n) is 2.72. The molecule has 120 valence electrons. The summed E-state index contributed by atoms with van der Waals surface area (Å²) in [4.78, 5) is 23.5. The van der Waals surface area contributed by atoms with Crippen molar-refractivity contribution in [2.75, 3.05) is 12.3 Å². The summed E-state index contributed by atoms with van der Waals surface area (Å²) in [7, 11) is 0. The maximum Gasteiger partial charge on any atom is 0.344 e. The molecule has 0 saturated heterocycles. The summed E-state index contributed by atoms with van der Waals surface area (Å²) in [6, 6.07) is 0.273. The molecule has 0 spiro atoms. The minimum absolute atomic E-state index is 0.000736. The number of hydrogen-bond donors (Lipinski definition) is 2. The van der Waals surface area contributed by atoms with Crippen LogP contribution in [0.2, 0.25) is 0 Å². The first-order chi connectivity index (χ1) is 10.7. The van der Waals surface area contributed by atoms with E-state index in [1.807, 2.05) is 0 Å². The number of thioether (sulfide) groups is 1. The first kappa shape index (κ1) is 15.4. The molecule has 2 aliphatic carbocycles. The number of carbonyl (C=O) groups is 1. The summed E-state index contributed by atoms with van der Waals surface area (Å²) < 4.78 is 1.67. The van der Waals surface area contributed by atoms with Gasteiger partial charge in [0.05, 0.1) is 5.75 Å². The zero-order chi connectivity index (χ0) is 15.4. The Morgan fingerprint density at radius 2 is 2.32 bits per heavy atom. The van der Waals surface area contributed by atoms with Crippen LogP contribution in [-0.2, 0) is 4.79 Å². The Morgan fingerprint density at radius 3 is 3.05 bits per heavy atom. The molecule has 3 rings (SSSR count). The van der Waals surface area contributed by atoms with Gasteiger partial charge < -0.3 is 5.32 Å². The molecule has 2 N–H and O–H groups in total. The second-order valence-corrected chi connectivity index (χ2v) is 6.85. The first-order valence-corrected chi connectivity index (χ1v) is 8.97. The van der Waals surface area contributed by atoms with E-state index in [4.69, 9.17) is 0 Å². The van der Waals surface area contributed by atoms with E-state index < -0.39 is 0 Å². The zero-order valence-electron chi connectivity index (χ0n) is 12.6. The third kappa shape index (κ3) is 4.03. The highest BCUT2D eigenvalue weighted by Crippen LogP contribution is 2.35. The number of hydrogen-bond acceptors (Lipinski definition) is 4. The third-order valence-electron chi connectivity index (χ3n) is 4.07. The fourth-order valence-corrected chi connectivity index (χ4v) is 3.57. The lowest BCUT2D eigenvalue weighted by Gasteiger charge is -2.12. The molecule has 0 radical (unpaired) electrons. The van der Waals surface area contributed by atoms with Gasteiger partial charge in [0.25, 0.3) is 0 Å². The van der Waals surface area contributed by atoms with Crippen LogP contribution in [0.15, 0.2) is 21.6 Å². The van der Waals surface area contributed by atoms with Crippen molar-refractivity contribution in [1.82, 2.24) is 20.1 Å². The van der Waals surface area contributed by atoms with Gasteiger partial charge in [0, 0.05) is 12.6 Å². The number of nitrogens with zero attached hydrogens (tertiary/aromatic N) is 2. The predicted octanol–water partition coefficient (Wildman–Crippen LogP) is 2.01. The highest BCUT2D eigenvalue weighted by atomic mass is 32.2. The van der Waals surface area contributed by atoms with Gasteiger partial charge in [-0.15, -0.1) is 5.10 Å². The molecule has 0 atom stereocenters. The highest BCUT2D eigenvalue weighted by molar-refractivity contribution is 7.99. The molecule has 0 aromatic carbocycles. The van der Waals surface area contributed by atoms with E-state index in [0.29, 0.717) is 17.5 Å². The van der Waals surface area contributed by atoms with E-state index in [9.17, 15) is 9.59 Å². The molecular formula is C15H22N4O2S. The Hall–Kier alpha value is -1.50. The van der Waals surface area contributed by atoms with Crippen LogP contribution in [0.25, 0.3) is 0 Å². The summed E-state index contributed by atoms with van der Waals surface area (Å²) in [6.45, 7) is 0.696. The number of amides is 1. The van der Waals surface area contributed by atoms with E-state index in [2.05, 4.69) is 21.6 Å². The third-order valence-corrected chi connectivity index (χ3v) is 5.02. The number of carbonyl (C=O) groups excluding carboxylic acids is 1. The van der Waals surface area contributed by atoms with E-state index in [0.717, 1.165) is 19.3 Å². The SMILES string of the molecule is O=C(CSc1n[nH]c(=O)n1C1CC1)NCCC1=CCCCC1. The number of aromatic nitrogens is 3. The Labute approximate surface area is 133 Å². The van der Waals surface area contributed by atoms with Gasteiger partial charge in [-0.3, -0.25) is 9.36 Å². The molecule has 0 aliphatic heterocycles. The summed E-state index contributed by atoms with van der Waals surface area (Å²) in [5.74, 6) is 0.301. The molecule has 0 bridgehead atoms. The number of rotatable bonds is 7. The van der Waals surface area contributed by atoms with E-state index in [1.165, 1.54) is 43.0 Å². The fraction of sp³-hybridized carbons (Fsp3) is 0.667. The van der Waals surface area contributed by atoms with Crippen LogP contribution < -0.4 is 11.0 Å². The second kappa shape index (κ2) is 7.17. The topological polar surface area (TPSA) is 79.8 Å². The average Bonchev–Trinajstić information content (AvgIpc) is 3.29. The van der Waals surface area contributed by atoms with Crippen LogP contribution in [0.5, 0.6) is 0 Å². The number of aromatic amines is 1. The van der Waals surface area contributed by atoms with Crippen molar-refractivity contribution >= 4 is 17.7 Å². The van der Waals surface area contributed by atoms with E-state index in [1.54, 1.807) is 4.57 Å². The molecule has 1 aromatic heterocycles. The van der Waals surface area contributed by atoms with Crippen LogP contribution >= 0.6 is 11.8 Å². The monoisotopic (exact) mass is 322 g/mol. The largest absolute Gasteiger partial charge is 0.355 e. The van der Waals surface area contributed by atoms with Crippen molar-refractivity contribution in [3.63, 3.8) is 0 Å². The normalized spacial score (nSPS) is 18.1. The molecule has 7 heteroatoms. The van der Waals surface area contributed by atoms with Gasteiger partial charge in [0.2, 0.25) is 5.91 Å². The smallest absolute Gasteiger partial charge is 0.344 e. The number of nitrogens with one attached hydrogen (secondary N) is 2. The van der Waals surface area contributed by atoms with Gasteiger partial charge in [0.15, 0.2) is 5.16 Å². The second-order valence-electron chi connectivity index (χ2n) is 5.91. The van der Waals surface area contributed by atoms with Gasteiger partial charge >= 0.3 is 5.69 Å². The standard InChI is InChI=1S/C15H22N4O2S/c20-13(16-9-8-11-4-2-1-3-5-11)10-22-15-18-17-14(21)19(15)12-6-7-12/h4,12H,1-3,5-10H2,(H,16,20)(H,17,21). The van der Waals surface area contributed by atoms with Crippen LogP contribution in [0.1, 0.15) is 51.0 Å². The Kier molecular flexibility index (Phi) is 5.02. The molecule has 22 heavy (non-hydrogen) atoms. The molecule has 2 aliphatic rings. The highest BCUT2D eigenvalue weighted by Gasteiger charge is 2.28. The van der Waals surface area contributed by atoms with Gasteiger partial charge in [-0.1, -0.05) is 23.4 Å². The molecular weight excluding hydrogens is 300 g/mol. The van der Waals surface area contributed by atoms with Crippen molar-refractivity contribution in [3.05, 3.63) is 22.1 Å².